The van der Waals surface area contributed by atoms with Crippen molar-refractivity contribution in [1.29, 1.82) is 0 Å². The molecule has 0 unspecified atom stereocenters. The van der Waals surface area contributed by atoms with Crippen molar-refractivity contribution < 1.29 is 14.0 Å². The molecule has 40 heavy (non-hydrogen) atoms. The summed E-state index contributed by atoms with van der Waals surface area (Å²) in [5.41, 5.74) is 6.08. The van der Waals surface area contributed by atoms with Gasteiger partial charge in [0.15, 0.2) is 0 Å². The number of hydrogen-bond acceptors (Lipinski definition) is 4. The highest BCUT2D eigenvalue weighted by molar-refractivity contribution is 6.73. The molecule has 0 amide bonds. The van der Waals surface area contributed by atoms with Crippen LogP contribution in [0.25, 0.3) is 0 Å². The maximum Gasteiger partial charge on any atom is 0.494 e. The van der Waals surface area contributed by atoms with Crippen LogP contribution in [0.4, 0.5) is 17.1 Å². The van der Waals surface area contributed by atoms with Gasteiger partial charge in [0.05, 0.1) is 11.2 Å². The Bertz CT molecular complexity index is 1340. The molecule has 2 aliphatic heterocycles. The summed E-state index contributed by atoms with van der Waals surface area (Å²) in [5, 5.41) is 0.0698. The molecule has 3 aromatic carbocycles. The fraction of sp³-hybridized carbons (Fsp3) is 0.471. The predicted octanol–water partition coefficient (Wildman–Crippen LogP) is 7.54. The molecule has 0 aliphatic carbocycles. The van der Waals surface area contributed by atoms with Crippen molar-refractivity contribution in [3.63, 3.8) is 0 Å². The molecule has 0 spiro atoms. The minimum atomic E-state index is -0.382. The van der Waals surface area contributed by atoms with E-state index < -0.39 is 0 Å². The van der Waals surface area contributed by atoms with Crippen LogP contribution in [0.5, 0.6) is 0 Å². The van der Waals surface area contributed by atoms with Gasteiger partial charge in [-0.25, -0.2) is 0 Å². The largest absolute Gasteiger partial charge is 0.494 e. The third kappa shape index (κ3) is 4.93. The van der Waals surface area contributed by atoms with E-state index in [1.54, 1.807) is 0 Å². The first-order valence-corrected chi connectivity index (χ1v) is 14.6. The summed E-state index contributed by atoms with van der Waals surface area (Å²) in [4.78, 5) is 2.31. The van der Waals surface area contributed by atoms with E-state index in [4.69, 9.17) is 14.0 Å². The molecule has 210 valence electrons. The summed E-state index contributed by atoms with van der Waals surface area (Å²) >= 11 is 0. The van der Waals surface area contributed by atoms with Crippen LogP contribution in [0.1, 0.15) is 81.7 Å². The molecule has 0 saturated carbocycles. The van der Waals surface area contributed by atoms with Gasteiger partial charge < -0.3 is 18.9 Å². The highest BCUT2D eigenvalue weighted by atomic mass is 16.7. The molecule has 3 aromatic rings. The quantitative estimate of drug-likeness (QED) is 0.315. The van der Waals surface area contributed by atoms with Crippen LogP contribution < -0.4 is 15.8 Å². The molecule has 0 aromatic heterocycles. The minimum Gasteiger partial charge on any atom is -0.425 e. The maximum absolute atomic E-state index is 6.30. The summed E-state index contributed by atoms with van der Waals surface area (Å²) in [6, 6.07) is 26.3. The molecule has 2 fully saturated rings. The smallest absolute Gasteiger partial charge is 0.425 e. The zero-order valence-corrected chi connectivity index (χ0v) is 26.3. The van der Waals surface area contributed by atoms with Crippen LogP contribution in [0.15, 0.2) is 72.8 Å². The molecular formula is C34H45B2NO3. The van der Waals surface area contributed by atoms with Crippen molar-refractivity contribution >= 4 is 42.0 Å². The van der Waals surface area contributed by atoms with Gasteiger partial charge in [0.2, 0.25) is 0 Å². The Hall–Kier alpha value is -2.53. The molecule has 4 nitrogen and oxygen atoms in total. The van der Waals surface area contributed by atoms with Crippen molar-refractivity contribution in [2.75, 3.05) is 4.90 Å². The lowest BCUT2D eigenvalue weighted by atomic mass is 9.33. The van der Waals surface area contributed by atoms with E-state index in [0.29, 0.717) is 0 Å². The van der Waals surface area contributed by atoms with E-state index in [2.05, 4.69) is 154 Å². The second-order valence-corrected chi connectivity index (χ2v) is 14.6. The van der Waals surface area contributed by atoms with Crippen LogP contribution >= 0.6 is 0 Å². The summed E-state index contributed by atoms with van der Waals surface area (Å²) in [7, 11) is -0.382. The molecule has 5 rings (SSSR count). The lowest BCUT2D eigenvalue weighted by Gasteiger charge is -2.57. The third-order valence-electron chi connectivity index (χ3n) is 9.74. The Morgan fingerprint density at radius 2 is 0.925 bits per heavy atom. The Morgan fingerprint density at radius 3 is 1.30 bits per heavy atom. The Kier molecular flexibility index (Phi) is 6.89. The van der Waals surface area contributed by atoms with E-state index in [-0.39, 0.29) is 41.6 Å². The predicted molar refractivity (Wildman–Crippen MR) is 170 cm³/mol. The molecule has 0 atom stereocenters. The van der Waals surface area contributed by atoms with Gasteiger partial charge in [-0.3, -0.25) is 0 Å². The van der Waals surface area contributed by atoms with Crippen LogP contribution in [0.2, 0.25) is 5.31 Å². The van der Waals surface area contributed by atoms with Crippen LogP contribution in [0.3, 0.4) is 0 Å². The van der Waals surface area contributed by atoms with Gasteiger partial charge in [-0.05, 0) is 99.8 Å². The summed E-state index contributed by atoms with van der Waals surface area (Å²) in [5.74, 6) is 0. The third-order valence-corrected chi connectivity index (χ3v) is 9.74. The molecule has 0 bridgehead atoms. The Morgan fingerprint density at radius 1 is 0.525 bits per heavy atom. The Balaban J connectivity index is 1.48. The van der Waals surface area contributed by atoms with Crippen molar-refractivity contribution in [1.82, 2.24) is 0 Å². The fourth-order valence-electron chi connectivity index (χ4n) is 5.45. The van der Waals surface area contributed by atoms with Crippen molar-refractivity contribution in [3.05, 3.63) is 78.4 Å². The second kappa shape index (κ2) is 9.51. The van der Waals surface area contributed by atoms with Gasteiger partial charge >= 0.3 is 14.0 Å². The van der Waals surface area contributed by atoms with Crippen LogP contribution in [0, 0.1) is 0 Å². The van der Waals surface area contributed by atoms with Crippen molar-refractivity contribution in [2.24, 2.45) is 0 Å². The average Bonchev–Trinajstić information content (AvgIpc) is 3.10. The molecular weight excluding hydrogens is 492 g/mol. The molecule has 2 saturated heterocycles. The first-order valence-electron chi connectivity index (χ1n) is 14.6. The van der Waals surface area contributed by atoms with E-state index >= 15 is 0 Å². The number of hydrogen-bond donors (Lipinski definition) is 0. The highest BCUT2D eigenvalue weighted by Gasteiger charge is 2.59. The molecule has 2 heterocycles. The lowest BCUT2D eigenvalue weighted by Crippen LogP contribution is -2.66. The topological polar surface area (TPSA) is 30.9 Å². The zero-order valence-electron chi connectivity index (χ0n) is 26.3. The van der Waals surface area contributed by atoms with Gasteiger partial charge in [0.1, 0.15) is 0 Å². The van der Waals surface area contributed by atoms with Gasteiger partial charge in [0, 0.05) is 28.0 Å². The second-order valence-electron chi connectivity index (χ2n) is 14.6. The van der Waals surface area contributed by atoms with E-state index in [1.165, 1.54) is 11.0 Å². The van der Waals surface area contributed by atoms with Gasteiger partial charge in [-0.15, -0.1) is 0 Å². The summed E-state index contributed by atoms with van der Waals surface area (Å²) < 4.78 is 18.9. The number of rotatable bonds is 5. The molecule has 0 radical (unpaired) electrons. The van der Waals surface area contributed by atoms with Crippen molar-refractivity contribution in [2.45, 2.75) is 104 Å². The number of benzene rings is 3. The van der Waals surface area contributed by atoms with Gasteiger partial charge in [-0.2, -0.15) is 0 Å². The summed E-state index contributed by atoms with van der Waals surface area (Å²) in [6.45, 7) is 24.1. The fourth-order valence-corrected chi connectivity index (χ4v) is 5.45. The van der Waals surface area contributed by atoms with Crippen LogP contribution in [-0.4, -0.2) is 30.8 Å². The SMILES string of the molecule is CC(C)(C)c1ccc(N(c2ccc(B3OC(C)(C)C(C)(C)O3)cc2)c2ccc(B3OC(C)(C)C3(C)C)cc2)cc1. The lowest BCUT2D eigenvalue weighted by molar-refractivity contribution is -0.00939. The Labute approximate surface area is 242 Å². The summed E-state index contributed by atoms with van der Waals surface area (Å²) in [6.07, 6.45) is 0. The van der Waals surface area contributed by atoms with Gasteiger partial charge in [-0.1, -0.05) is 71.0 Å². The van der Waals surface area contributed by atoms with Crippen molar-refractivity contribution in [3.8, 4) is 0 Å². The first kappa shape index (κ1) is 29.0. The van der Waals surface area contributed by atoms with E-state index in [9.17, 15) is 0 Å². The molecule has 0 N–H and O–H groups in total. The maximum atomic E-state index is 6.30. The zero-order chi connectivity index (χ0) is 29.3. The van der Waals surface area contributed by atoms with E-state index in [1.807, 2.05) is 0 Å². The first-order chi connectivity index (χ1) is 18.4. The molecule has 2 aliphatic rings. The molecule has 6 heteroatoms. The average molecular weight is 537 g/mol. The highest BCUT2D eigenvalue weighted by Crippen LogP contribution is 2.53. The monoisotopic (exact) mass is 537 g/mol. The standard InChI is InChI=1S/C34H45B2NO3/c1-30(2,3)24-12-18-27(19-13-24)37(28-20-14-25(15-21-28)35-31(4,5)32(6,7)38-35)29-22-16-26(17-23-29)36-39-33(8,9)34(10,11)40-36/h12-23H,1-11H3. The number of nitrogens with zero attached hydrogens (tertiary/aromatic N) is 1. The van der Waals surface area contributed by atoms with Gasteiger partial charge in [0.25, 0.3) is 0 Å². The normalized spacial score (nSPS) is 20.8. The number of anilines is 3. The van der Waals surface area contributed by atoms with E-state index in [0.717, 1.165) is 22.5 Å². The minimum absolute atomic E-state index is 0.0698. The van der Waals surface area contributed by atoms with Crippen LogP contribution in [-0.2, 0) is 19.4 Å².